The number of nitrogens with two attached hydrogens (primary N) is 1. The summed E-state index contributed by atoms with van der Waals surface area (Å²) in [5, 5.41) is 0.522. The first-order chi connectivity index (χ1) is 7.97. The lowest BCUT2D eigenvalue weighted by atomic mass is 10.1. The summed E-state index contributed by atoms with van der Waals surface area (Å²) in [5.41, 5.74) is 6.72. The van der Waals surface area contributed by atoms with Gasteiger partial charge in [0.25, 0.3) is 5.91 Å². The second-order valence-corrected chi connectivity index (χ2v) is 5.30. The molecule has 1 amide bonds. The average Bonchev–Trinajstić information content (AvgIpc) is 2.30. The van der Waals surface area contributed by atoms with Gasteiger partial charge in [-0.25, -0.2) is 0 Å². The lowest BCUT2D eigenvalue weighted by molar-refractivity contribution is 0.0758. The average molecular weight is 273 g/mol. The summed E-state index contributed by atoms with van der Waals surface area (Å²) in [6.07, 6.45) is 2.02. The number of thioether (sulfide) groups is 1. The van der Waals surface area contributed by atoms with Crippen molar-refractivity contribution in [2.45, 2.75) is 13.0 Å². The van der Waals surface area contributed by atoms with E-state index < -0.39 is 0 Å². The summed E-state index contributed by atoms with van der Waals surface area (Å²) < 4.78 is 0. The number of amides is 1. The van der Waals surface area contributed by atoms with Gasteiger partial charge in [0.1, 0.15) is 0 Å². The molecule has 1 aromatic carbocycles. The molecule has 17 heavy (non-hydrogen) atoms. The first kappa shape index (κ1) is 14.2. The summed E-state index contributed by atoms with van der Waals surface area (Å²) in [6.45, 7) is 2.01. The molecule has 1 unspecified atom stereocenters. The Kier molecular flexibility index (Phi) is 5.15. The van der Waals surface area contributed by atoms with Crippen LogP contribution in [0.4, 0.5) is 5.69 Å². The van der Waals surface area contributed by atoms with Gasteiger partial charge in [0.2, 0.25) is 0 Å². The number of benzene rings is 1. The van der Waals surface area contributed by atoms with Crippen LogP contribution in [0.15, 0.2) is 18.2 Å². The van der Waals surface area contributed by atoms with Crippen LogP contribution in [0.5, 0.6) is 0 Å². The first-order valence-corrected chi connectivity index (χ1v) is 7.05. The Morgan fingerprint density at radius 1 is 1.59 bits per heavy atom. The largest absolute Gasteiger partial charge is 0.398 e. The number of hydrogen-bond acceptors (Lipinski definition) is 3. The Hall–Kier alpha value is -0.870. The molecule has 0 bridgehead atoms. The van der Waals surface area contributed by atoms with Gasteiger partial charge < -0.3 is 10.6 Å². The Morgan fingerprint density at radius 2 is 2.24 bits per heavy atom. The van der Waals surface area contributed by atoms with Gasteiger partial charge in [-0.05, 0) is 31.4 Å². The highest BCUT2D eigenvalue weighted by Crippen LogP contribution is 2.20. The molecule has 0 radical (unpaired) electrons. The van der Waals surface area contributed by atoms with Crippen molar-refractivity contribution in [1.29, 1.82) is 0 Å². The molecule has 0 aromatic heterocycles. The summed E-state index contributed by atoms with van der Waals surface area (Å²) >= 11 is 7.58. The molecule has 0 saturated carbocycles. The predicted octanol–water partition coefficient (Wildman–Crippen LogP) is 2.75. The molecule has 0 aliphatic carbocycles. The summed E-state index contributed by atoms with van der Waals surface area (Å²) in [7, 11) is 1.78. The fraction of sp³-hybridized carbons (Fsp3) is 0.417. The molecular weight excluding hydrogens is 256 g/mol. The fourth-order valence-corrected chi connectivity index (χ4v) is 2.33. The Morgan fingerprint density at radius 3 is 2.82 bits per heavy atom. The first-order valence-electron chi connectivity index (χ1n) is 5.28. The second-order valence-electron chi connectivity index (χ2n) is 3.95. The molecular formula is C12H17ClN2OS. The maximum absolute atomic E-state index is 12.2. The maximum atomic E-state index is 12.2. The highest BCUT2D eigenvalue weighted by molar-refractivity contribution is 7.98. The van der Waals surface area contributed by atoms with E-state index in [4.69, 9.17) is 17.3 Å². The van der Waals surface area contributed by atoms with Crippen molar-refractivity contribution in [3.05, 3.63) is 28.8 Å². The zero-order valence-electron chi connectivity index (χ0n) is 10.2. The molecule has 1 atom stereocenters. The van der Waals surface area contributed by atoms with Gasteiger partial charge >= 0.3 is 0 Å². The van der Waals surface area contributed by atoms with E-state index in [-0.39, 0.29) is 11.9 Å². The van der Waals surface area contributed by atoms with Crippen molar-refractivity contribution in [2.24, 2.45) is 0 Å². The van der Waals surface area contributed by atoms with Crippen molar-refractivity contribution in [2.75, 3.05) is 24.8 Å². The summed E-state index contributed by atoms with van der Waals surface area (Å²) in [5.74, 6) is 0.800. The van der Waals surface area contributed by atoms with E-state index in [2.05, 4.69) is 0 Å². The number of anilines is 1. The molecule has 0 saturated heterocycles. The van der Waals surface area contributed by atoms with E-state index in [9.17, 15) is 4.79 Å². The van der Waals surface area contributed by atoms with Crippen LogP contribution in [0.2, 0.25) is 5.02 Å². The Balaban J connectivity index is 2.92. The van der Waals surface area contributed by atoms with Crippen molar-refractivity contribution in [3.8, 4) is 0 Å². The Labute approximate surface area is 111 Å². The number of carbonyl (C=O) groups excluding carboxylic acids is 1. The van der Waals surface area contributed by atoms with Crippen LogP contribution in [0.3, 0.4) is 0 Å². The molecule has 5 heteroatoms. The molecule has 0 aliphatic rings. The third kappa shape index (κ3) is 3.54. The summed E-state index contributed by atoms with van der Waals surface area (Å²) in [4.78, 5) is 13.9. The molecule has 0 aliphatic heterocycles. The number of nitrogens with zero attached hydrogens (tertiary/aromatic N) is 1. The molecule has 94 valence electrons. The van der Waals surface area contributed by atoms with Crippen molar-refractivity contribution in [3.63, 3.8) is 0 Å². The number of halogens is 1. The standard InChI is InChI=1S/C12H17ClN2OS/c1-8(7-17-3)15(2)12(16)10-6-9(13)4-5-11(10)14/h4-6,8H,7,14H2,1-3H3. The third-order valence-electron chi connectivity index (χ3n) is 2.64. The minimum atomic E-state index is -0.0912. The fourth-order valence-electron chi connectivity index (χ4n) is 1.46. The van der Waals surface area contributed by atoms with Crippen molar-refractivity contribution < 1.29 is 4.79 Å². The Bertz CT molecular complexity index is 411. The number of rotatable bonds is 4. The molecule has 0 fully saturated rings. The maximum Gasteiger partial charge on any atom is 0.256 e. The van der Waals surface area contributed by atoms with E-state index in [1.165, 1.54) is 0 Å². The molecule has 0 spiro atoms. The normalized spacial score (nSPS) is 12.2. The van der Waals surface area contributed by atoms with E-state index in [1.54, 1.807) is 41.9 Å². The number of carbonyl (C=O) groups is 1. The topological polar surface area (TPSA) is 46.3 Å². The lowest BCUT2D eigenvalue weighted by Gasteiger charge is -2.25. The van der Waals surface area contributed by atoms with Gasteiger partial charge in [-0.3, -0.25) is 4.79 Å². The molecule has 0 heterocycles. The van der Waals surface area contributed by atoms with Gasteiger partial charge in [-0.2, -0.15) is 11.8 Å². The van der Waals surface area contributed by atoms with E-state index in [0.29, 0.717) is 16.3 Å². The van der Waals surface area contributed by atoms with Crippen molar-refractivity contribution >= 4 is 35.0 Å². The zero-order valence-corrected chi connectivity index (χ0v) is 11.8. The van der Waals surface area contributed by atoms with Crippen molar-refractivity contribution in [1.82, 2.24) is 4.90 Å². The van der Waals surface area contributed by atoms with Crippen LogP contribution in [0, 0.1) is 0 Å². The minimum absolute atomic E-state index is 0.0912. The van der Waals surface area contributed by atoms with Gasteiger partial charge in [-0.15, -0.1) is 0 Å². The van der Waals surface area contributed by atoms with E-state index in [0.717, 1.165) is 5.75 Å². The van der Waals surface area contributed by atoms with Crippen LogP contribution >= 0.6 is 23.4 Å². The van der Waals surface area contributed by atoms with Crippen LogP contribution in [-0.4, -0.2) is 35.9 Å². The van der Waals surface area contributed by atoms with E-state index >= 15 is 0 Å². The third-order valence-corrected chi connectivity index (χ3v) is 3.69. The quantitative estimate of drug-likeness (QED) is 0.858. The van der Waals surface area contributed by atoms with Gasteiger partial charge in [0.05, 0.1) is 5.56 Å². The second kappa shape index (κ2) is 6.17. The zero-order chi connectivity index (χ0) is 13.0. The van der Waals surface area contributed by atoms with Gasteiger partial charge in [-0.1, -0.05) is 11.6 Å². The molecule has 1 rings (SSSR count). The highest BCUT2D eigenvalue weighted by Gasteiger charge is 2.19. The molecule has 2 N–H and O–H groups in total. The van der Waals surface area contributed by atoms with Gasteiger partial charge in [0, 0.05) is 29.6 Å². The number of nitrogen functional groups attached to an aromatic ring is 1. The summed E-state index contributed by atoms with van der Waals surface area (Å²) in [6, 6.07) is 5.11. The van der Waals surface area contributed by atoms with Crippen LogP contribution in [-0.2, 0) is 0 Å². The molecule has 3 nitrogen and oxygen atoms in total. The lowest BCUT2D eigenvalue weighted by Crippen LogP contribution is -2.36. The molecule has 1 aromatic rings. The highest BCUT2D eigenvalue weighted by atomic mass is 35.5. The smallest absolute Gasteiger partial charge is 0.256 e. The van der Waals surface area contributed by atoms with Gasteiger partial charge in [0.15, 0.2) is 0 Å². The van der Waals surface area contributed by atoms with Crippen LogP contribution in [0.25, 0.3) is 0 Å². The predicted molar refractivity (Wildman–Crippen MR) is 75.8 cm³/mol. The number of hydrogen-bond donors (Lipinski definition) is 1. The monoisotopic (exact) mass is 272 g/mol. The minimum Gasteiger partial charge on any atom is -0.398 e. The van der Waals surface area contributed by atoms with Crippen LogP contribution < -0.4 is 5.73 Å². The van der Waals surface area contributed by atoms with E-state index in [1.807, 2.05) is 13.2 Å². The van der Waals surface area contributed by atoms with Crippen LogP contribution in [0.1, 0.15) is 17.3 Å². The SMILES string of the molecule is CSCC(C)N(C)C(=O)c1cc(Cl)ccc1N.